The van der Waals surface area contributed by atoms with E-state index in [0.717, 1.165) is 19.5 Å². The molecular formula is C14H25N3O2. The molecule has 2 fully saturated rings. The van der Waals surface area contributed by atoms with Gasteiger partial charge >= 0.3 is 0 Å². The fourth-order valence-electron chi connectivity index (χ4n) is 3.26. The summed E-state index contributed by atoms with van der Waals surface area (Å²) in [6.07, 6.45) is 1.59. The van der Waals surface area contributed by atoms with Gasteiger partial charge in [-0.1, -0.05) is 13.8 Å². The summed E-state index contributed by atoms with van der Waals surface area (Å²) in [5, 5.41) is 2.84. The Labute approximate surface area is 115 Å². The summed E-state index contributed by atoms with van der Waals surface area (Å²) in [7, 11) is 2.10. The van der Waals surface area contributed by atoms with Crippen LogP contribution >= 0.6 is 0 Å². The highest BCUT2D eigenvalue weighted by Gasteiger charge is 2.45. The number of rotatable bonds is 2. The lowest BCUT2D eigenvalue weighted by Gasteiger charge is -2.47. The first kappa shape index (κ1) is 14.3. The van der Waals surface area contributed by atoms with E-state index in [0.29, 0.717) is 12.3 Å². The fraction of sp³-hybridized carbons (Fsp3) is 0.857. The number of carbonyl (C=O) groups is 2. The molecule has 1 N–H and O–H groups in total. The van der Waals surface area contributed by atoms with E-state index in [4.69, 9.17) is 0 Å². The van der Waals surface area contributed by atoms with Crippen LogP contribution in [-0.2, 0) is 9.59 Å². The zero-order chi connectivity index (χ0) is 14.2. The van der Waals surface area contributed by atoms with Gasteiger partial charge in [0.15, 0.2) is 0 Å². The number of piperidine rings is 1. The van der Waals surface area contributed by atoms with Crippen molar-refractivity contribution in [2.45, 2.75) is 45.2 Å². The van der Waals surface area contributed by atoms with Crippen molar-refractivity contribution in [3.05, 3.63) is 0 Å². The molecule has 2 rings (SSSR count). The molecule has 0 spiro atoms. The molecule has 3 atom stereocenters. The summed E-state index contributed by atoms with van der Waals surface area (Å²) in [4.78, 5) is 28.6. The van der Waals surface area contributed by atoms with E-state index in [1.54, 1.807) is 0 Å². The van der Waals surface area contributed by atoms with Crippen molar-refractivity contribution in [2.75, 3.05) is 26.7 Å². The molecule has 2 amide bonds. The van der Waals surface area contributed by atoms with Crippen molar-refractivity contribution in [1.82, 2.24) is 15.1 Å². The van der Waals surface area contributed by atoms with Crippen molar-refractivity contribution < 1.29 is 9.59 Å². The number of piperazine rings is 1. The molecule has 0 aliphatic carbocycles. The average Bonchev–Trinajstić information content (AvgIpc) is 2.34. The molecular weight excluding hydrogens is 242 g/mol. The number of likely N-dealkylation sites (tertiary alicyclic amines) is 1. The smallest absolute Gasteiger partial charge is 0.248 e. The maximum atomic E-state index is 12.6. The van der Waals surface area contributed by atoms with Gasteiger partial charge in [0, 0.05) is 12.6 Å². The largest absolute Gasteiger partial charge is 0.340 e. The third-order valence-electron chi connectivity index (χ3n) is 4.63. The minimum absolute atomic E-state index is 0.0323. The molecule has 3 unspecified atom stereocenters. The average molecular weight is 267 g/mol. The summed E-state index contributed by atoms with van der Waals surface area (Å²) in [6.45, 7) is 8.14. The molecule has 5 nitrogen and oxygen atoms in total. The predicted molar refractivity (Wildman–Crippen MR) is 73.6 cm³/mol. The normalized spacial score (nSPS) is 37.4. The SMILES string of the molecule is CCC1(C)NC(=O)CN(C2CCN(C)CC2C)C1=O. The summed E-state index contributed by atoms with van der Waals surface area (Å²) in [5.41, 5.74) is -0.724. The summed E-state index contributed by atoms with van der Waals surface area (Å²) >= 11 is 0. The van der Waals surface area contributed by atoms with Crippen LogP contribution < -0.4 is 5.32 Å². The number of nitrogens with zero attached hydrogens (tertiary/aromatic N) is 2. The van der Waals surface area contributed by atoms with Crippen molar-refractivity contribution in [1.29, 1.82) is 0 Å². The minimum atomic E-state index is -0.724. The molecule has 0 radical (unpaired) electrons. The summed E-state index contributed by atoms with van der Waals surface area (Å²) < 4.78 is 0. The molecule has 5 heteroatoms. The van der Waals surface area contributed by atoms with Gasteiger partial charge in [-0.3, -0.25) is 9.59 Å². The van der Waals surface area contributed by atoms with Crippen LogP contribution in [0.1, 0.15) is 33.6 Å². The zero-order valence-corrected chi connectivity index (χ0v) is 12.4. The second kappa shape index (κ2) is 5.12. The van der Waals surface area contributed by atoms with Crippen LogP contribution in [0.5, 0.6) is 0 Å². The lowest BCUT2D eigenvalue weighted by Crippen LogP contribution is -2.68. The molecule has 19 heavy (non-hydrogen) atoms. The Bertz CT molecular complexity index is 385. The van der Waals surface area contributed by atoms with Crippen molar-refractivity contribution in [3.63, 3.8) is 0 Å². The molecule has 2 saturated heterocycles. The molecule has 0 aromatic heterocycles. The van der Waals surface area contributed by atoms with Gasteiger partial charge < -0.3 is 15.1 Å². The van der Waals surface area contributed by atoms with E-state index in [1.807, 2.05) is 18.7 Å². The topological polar surface area (TPSA) is 52.7 Å². The van der Waals surface area contributed by atoms with E-state index in [9.17, 15) is 9.59 Å². The monoisotopic (exact) mass is 267 g/mol. The Morgan fingerprint density at radius 1 is 1.42 bits per heavy atom. The number of carbonyl (C=O) groups excluding carboxylic acids is 2. The van der Waals surface area contributed by atoms with Gasteiger partial charge in [-0.2, -0.15) is 0 Å². The Kier molecular flexibility index (Phi) is 3.85. The van der Waals surface area contributed by atoms with Gasteiger partial charge in [0.1, 0.15) is 5.54 Å². The number of hydrogen-bond donors (Lipinski definition) is 1. The first-order valence-corrected chi connectivity index (χ1v) is 7.18. The molecule has 108 valence electrons. The van der Waals surface area contributed by atoms with E-state index in [-0.39, 0.29) is 24.4 Å². The standard InChI is InChI=1S/C14H25N3O2/c1-5-14(3)13(19)17(9-12(18)15-14)11-6-7-16(4)8-10(11)2/h10-11H,5-9H2,1-4H3,(H,15,18). The first-order valence-electron chi connectivity index (χ1n) is 7.18. The van der Waals surface area contributed by atoms with Crippen LogP contribution in [0.4, 0.5) is 0 Å². The maximum Gasteiger partial charge on any atom is 0.248 e. The van der Waals surface area contributed by atoms with Crippen LogP contribution in [0.2, 0.25) is 0 Å². The van der Waals surface area contributed by atoms with Crippen LogP contribution in [0.15, 0.2) is 0 Å². The predicted octanol–water partition coefficient (Wildman–Crippen LogP) is 0.454. The maximum absolute atomic E-state index is 12.6. The number of amides is 2. The van der Waals surface area contributed by atoms with Crippen molar-refractivity contribution in [2.24, 2.45) is 5.92 Å². The molecule has 0 bridgehead atoms. The number of nitrogens with one attached hydrogen (secondary N) is 1. The zero-order valence-electron chi connectivity index (χ0n) is 12.4. The Balaban J connectivity index is 2.18. The highest BCUT2D eigenvalue weighted by atomic mass is 16.2. The van der Waals surface area contributed by atoms with E-state index in [1.165, 1.54) is 0 Å². The van der Waals surface area contributed by atoms with Gasteiger partial charge in [-0.25, -0.2) is 0 Å². The van der Waals surface area contributed by atoms with Crippen molar-refractivity contribution >= 4 is 11.8 Å². The summed E-state index contributed by atoms with van der Waals surface area (Å²) in [6, 6.07) is 0.195. The second-order valence-corrected chi connectivity index (χ2v) is 6.26. The Morgan fingerprint density at radius 2 is 2.11 bits per heavy atom. The minimum Gasteiger partial charge on any atom is -0.340 e. The Morgan fingerprint density at radius 3 is 2.68 bits per heavy atom. The quantitative estimate of drug-likeness (QED) is 0.790. The van der Waals surface area contributed by atoms with Gasteiger partial charge in [-0.15, -0.1) is 0 Å². The fourth-order valence-corrected chi connectivity index (χ4v) is 3.26. The first-order chi connectivity index (χ1) is 8.87. The molecule has 0 aromatic rings. The van der Waals surface area contributed by atoms with Gasteiger partial charge in [0.05, 0.1) is 6.54 Å². The third-order valence-corrected chi connectivity index (χ3v) is 4.63. The summed E-state index contributed by atoms with van der Waals surface area (Å²) in [5.74, 6) is 0.459. The molecule has 2 heterocycles. The molecule has 0 aromatic carbocycles. The van der Waals surface area contributed by atoms with Crippen LogP contribution in [-0.4, -0.2) is 59.9 Å². The van der Waals surface area contributed by atoms with E-state index >= 15 is 0 Å². The van der Waals surface area contributed by atoms with Gasteiger partial charge in [0.25, 0.3) is 0 Å². The molecule has 2 aliphatic heterocycles. The Hall–Kier alpha value is -1.10. The second-order valence-electron chi connectivity index (χ2n) is 6.26. The van der Waals surface area contributed by atoms with Crippen LogP contribution in [0.25, 0.3) is 0 Å². The van der Waals surface area contributed by atoms with Gasteiger partial charge in [0.2, 0.25) is 11.8 Å². The van der Waals surface area contributed by atoms with Gasteiger partial charge in [-0.05, 0) is 39.3 Å². The lowest BCUT2D eigenvalue weighted by molar-refractivity contribution is -0.154. The van der Waals surface area contributed by atoms with Crippen LogP contribution in [0.3, 0.4) is 0 Å². The molecule has 0 saturated carbocycles. The number of hydrogen-bond acceptors (Lipinski definition) is 3. The highest BCUT2D eigenvalue weighted by molar-refractivity contribution is 5.97. The van der Waals surface area contributed by atoms with Crippen molar-refractivity contribution in [3.8, 4) is 0 Å². The highest BCUT2D eigenvalue weighted by Crippen LogP contribution is 2.27. The van der Waals surface area contributed by atoms with E-state index < -0.39 is 5.54 Å². The van der Waals surface area contributed by atoms with Crippen LogP contribution in [0, 0.1) is 5.92 Å². The van der Waals surface area contributed by atoms with E-state index in [2.05, 4.69) is 24.2 Å². The molecule has 2 aliphatic rings. The third kappa shape index (κ3) is 2.61. The lowest BCUT2D eigenvalue weighted by atomic mass is 9.88.